The van der Waals surface area contributed by atoms with Crippen molar-refractivity contribution in [3.8, 4) is 0 Å². The van der Waals surface area contributed by atoms with E-state index in [1.807, 2.05) is 12.1 Å². The van der Waals surface area contributed by atoms with Crippen molar-refractivity contribution in [3.63, 3.8) is 0 Å². The molecule has 3 rings (SSSR count). The number of rotatable bonds is 4. The molecule has 0 saturated heterocycles. The van der Waals surface area contributed by atoms with Crippen LogP contribution in [0.5, 0.6) is 0 Å². The molecule has 3 aromatic heterocycles. The Morgan fingerprint density at radius 3 is 1.90 bits per heavy atom. The summed E-state index contributed by atoms with van der Waals surface area (Å²) in [5.41, 5.74) is 0.0669. The molecule has 0 spiro atoms. The molecular formula is C14H13N5O. The van der Waals surface area contributed by atoms with Gasteiger partial charge in [0.1, 0.15) is 5.60 Å². The molecule has 6 heteroatoms. The Labute approximate surface area is 115 Å². The van der Waals surface area contributed by atoms with Gasteiger partial charge in [0.2, 0.25) is 0 Å². The zero-order valence-corrected chi connectivity index (χ0v) is 10.7. The molecular weight excluding hydrogens is 254 g/mol. The summed E-state index contributed by atoms with van der Waals surface area (Å²) >= 11 is 0. The van der Waals surface area contributed by atoms with Crippen LogP contribution in [0.15, 0.2) is 61.4 Å². The quantitative estimate of drug-likeness (QED) is 0.763. The van der Waals surface area contributed by atoms with Crippen LogP contribution in [0.1, 0.15) is 11.1 Å². The number of aliphatic hydroxyl groups is 1. The highest BCUT2D eigenvalue weighted by atomic mass is 16.3. The molecule has 0 atom stereocenters. The molecule has 3 heterocycles. The molecule has 0 aromatic carbocycles. The van der Waals surface area contributed by atoms with Gasteiger partial charge >= 0.3 is 0 Å². The SMILES string of the molecule is OC(Cn1nccn1)(c1cccnc1)c1cccnc1. The third-order valence-electron chi connectivity index (χ3n) is 3.12. The highest BCUT2D eigenvalue weighted by Crippen LogP contribution is 2.29. The van der Waals surface area contributed by atoms with Crippen LogP contribution in [0.25, 0.3) is 0 Å². The van der Waals surface area contributed by atoms with Gasteiger partial charge in [-0.15, -0.1) is 0 Å². The van der Waals surface area contributed by atoms with Gasteiger partial charge < -0.3 is 5.11 Å². The minimum atomic E-state index is -1.28. The molecule has 3 aromatic rings. The van der Waals surface area contributed by atoms with Crippen LogP contribution >= 0.6 is 0 Å². The molecule has 6 nitrogen and oxygen atoms in total. The zero-order valence-electron chi connectivity index (χ0n) is 10.7. The van der Waals surface area contributed by atoms with Crippen molar-refractivity contribution < 1.29 is 5.11 Å². The number of aromatic nitrogens is 5. The maximum Gasteiger partial charge on any atom is 0.139 e. The van der Waals surface area contributed by atoms with Crippen LogP contribution in [0.2, 0.25) is 0 Å². The first-order valence-electron chi connectivity index (χ1n) is 6.16. The van der Waals surface area contributed by atoms with Gasteiger partial charge in [-0.2, -0.15) is 15.0 Å². The first-order chi connectivity index (χ1) is 9.79. The number of pyridine rings is 2. The topological polar surface area (TPSA) is 76.7 Å². The lowest BCUT2D eigenvalue weighted by Crippen LogP contribution is -2.34. The number of nitrogens with zero attached hydrogens (tertiary/aromatic N) is 5. The molecule has 0 unspecified atom stereocenters. The van der Waals surface area contributed by atoms with Crippen LogP contribution in [-0.2, 0) is 12.1 Å². The van der Waals surface area contributed by atoms with Crippen LogP contribution in [0.3, 0.4) is 0 Å². The van der Waals surface area contributed by atoms with E-state index in [4.69, 9.17) is 0 Å². The van der Waals surface area contributed by atoms with Crippen molar-refractivity contribution >= 4 is 0 Å². The van der Waals surface area contributed by atoms with E-state index in [0.29, 0.717) is 11.1 Å². The smallest absolute Gasteiger partial charge is 0.139 e. The zero-order chi connectivity index (χ0) is 13.8. The lowest BCUT2D eigenvalue weighted by Gasteiger charge is -2.27. The van der Waals surface area contributed by atoms with E-state index in [0.717, 1.165) is 0 Å². The fourth-order valence-electron chi connectivity index (χ4n) is 2.09. The summed E-state index contributed by atoms with van der Waals surface area (Å²) in [5.74, 6) is 0. The highest BCUT2D eigenvalue weighted by molar-refractivity contribution is 5.32. The first-order valence-corrected chi connectivity index (χ1v) is 6.16. The molecule has 1 N–H and O–H groups in total. The lowest BCUT2D eigenvalue weighted by molar-refractivity contribution is 0.0520. The van der Waals surface area contributed by atoms with Gasteiger partial charge in [0.25, 0.3) is 0 Å². The second-order valence-electron chi connectivity index (χ2n) is 4.40. The second-order valence-corrected chi connectivity index (χ2v) is 4.40. The maximum atomic E-state index is 11.1. The molecule has 0 saturated carbocycles. The van der Waals surface area contributed by atoms with Crippen molar-refractivity contribution in [3.05, 3.63) is 72.6 Å². The van der Waals surface area contributed by atoms with Crippen molar-refractivity contribution in [2.45, 2.75) is 12.1 Å². The standard InChI is InChI=1S/C14H13N5O/c20-14(11-19-17-7-8-18-19,12-3-1-5-15-9-12)13-4-2-6-16-10-13/h1-10,20H,11H2. The van der Waals surface area contributed by atoms with Crippen LogP contribution in [0.4, 0.5) is 0 Å². The largest absolute Gasteiger partial charge is 0.378 e. The van der Waals surface area contributed by atoms with E-state index in [1.165, 1.54) is 4.80 Å². The van der Waals surface area contributed by atoms with E-state index in [1.54, 1.807) is 49.3 Å². The molecule has 0 fully saturated rings. The minimum Gasteiger partial charge on any atom is -0.378 e. The monoisotopic (exact) mass is 267 g/mol. The predicted molar refractivity (Wildman–Crippen MR) is 71.5 cm³/mol. The third-order valence-corrected chi connectivity index (χ3v) is 3.12. The molecule has 20 heavy (non-hydrogen) atoms. The summed E-state index contributed by atoms with van der Waals surface area (Å²) in [7, 11) is 0. The second kappa shape index (κ2) is 5.18. The van der Waals surface area contributed by atoms with E-state index in [9.17, 15) is 5.11 Å². The van der Waals surface area contributed by atoms with Crippen molar-refractivity contribution in [2.24, 2.45) is 0 Å². The first kappa shape index (κ1) is 12.4. The van der Waals surface area contributed by atoms with Gasteiger partial charge in [-0.1, -0.05) is 12.1 Å². The van der Waals surface area contributed by atoms with Crippen molar-refractivity contribution in [1.29, 1.82) is 0 Å². The van der Waals surface area contributed by atoms with Crippen molar-refractivity contribution in [1.82, 2.24) is 25.0 Å². The molecule has 100 valence electrons. The lowest BCUT2D eigenvalue weighted by atomic mass is 9.88. The van der Waals surface area contributed by atoms with Crippen LogP contribution < -0.4 is 0 Å². The van der Waals surface area contributed by atoms with E-state index >= 15 is 0 Å². The Bertz CT molecular complexity index is 615. The van der Waals surface area contributed by atoms with Crippen molar-refractivity contribution in [2.75, 3.05) is 0 Å². The Balaban J connectivity index is 2.08. The molecule has 0 radical (unpaired) electrons. The summed E-state index contributed by atoms with van der Waals surface area (Å²) in [4.78, 5) is 9.59. The molecule has 0 aliphatic heterocycles. The molecule has 0 amide bonds. The van der Waals surface area contributed by atoms with Crippen LogP contribution in [-0.4, -0.2) is 30.1 Å². The van der Waals surface area contributed by atoms with Gasteiger partial charge in [-0.25, -0.2) is 0 Å². The normalized spacial score (nSPS) is 11.4. The Morgan fingerprint density at radius 2 is 1.45 bits per heavy atom. The molecule has 0 aliphatic rings. The Morgan fingerprint density at radius 1 is 0.900 bits per heavy atom. The minimum absolute atomic E-state index is 0.192. The summed E-state index contributed by atoms with van der Waals surface area (Å²) in [6, 6.07) is 7.22. The van der Waals surface area contributed by atoms with E-state index in [-0.39, 0.29) is 6.54 Å². The summed E-state index contributed by atoms with van der Waals surface area (Å²) < 4.78 is 0. The summed E-state index contributed by atoms with van der Waals surface area (Å²) in [6.45, 7) is 0.192. The number of hydrogen-bond acceptors (Lipinski definition) is 5. The number of hydrogen-bond donors (Lipinski definition) is 1. The van der Waals surface area contributed by atoms with Gasteiger partial charge in [-0.3, -0.25) is 9.97 Å². The van der Waals surface area contributed by atoms with Gasteiger partial charge in [0.15, 0.2) is 0 Å². The maximum absolute atomic E-state index is 11.1. The average molecular weight is 267 g/mol. The van der Waals surface area contributed by atoms with Gasteiger partial charge in [-0.05, 0) is 12.1 Å². The van der Waals surface area contributed by atoms with E-state index < -0.39 is 5.60 Å². The summed E-state index contributed by atoms with van der Waals surface area (Å²) in [6.07, 6.45) is 9.76. The Kier molecular flexibility index (Phi) is 3.22. The fourth-order valence-corrected chi connectivity index (χ4v) is 2.09. The summed E-state index contributed by atoms with van der Waals surface area (Å²) in [5, 5.41) is 19.3. The van der Waals surface area contributed by atoms with E-state index in [2.05, 4.69) is 20.2 Å². The van der Waals surface area contributed by atoms with Crippen LogP contribution in [0, 0.1) is 0 Å². The highest BCUT2D eigenvalue weighted by Gasteiger charge is 2.33. The fraction of sp³-hybridized carbons (Fsp3) is 0.143. The average Bonchev–Trinajstić information content (AvgIpc) is 3.02. The molecule has 0 aliphatic carbocycles. The Hall–Kier alpha value is -2.60. The van der Waals surface area contributed by atoms with Gasteiger partial charge in [0.05, 0.1) is 18.9 Å². The van der Waals surface area contributed by atoms with Gasteiger partial charge in [0, 0.05) is 35.9 Å². The molecule has 0 bridgehead atoms. The predicted octanol–water partition coefficient (Wildman–Crippen LogP) is 1.00. The third kappa shape index (κ3) is 2.28.